The predicted molar refractivity (Wildman–Crippen MR) is 63.2 cm³/mol. The van der Waals surface area contributed by atoms with Crippen molar-refractivity contribution in [1.82, 2.24) is 0 Å². The zero-order valence-electron chi connectivity index (χ0n) is 10.3. The number of rotatable bonds is 2. The molecule has 1 aromatic rings. The average Bonchev–Trinajstić information content (AvgIpc) is 2.26. The van der Waals surface area contributed by atoms with Gasteiger partial charge in [0.2, 0.25) is 0 Å². The topological polar surface area (TPSA) is 47.6 Å². The molecule has 0 aliphatic carbocycles. The fourth-order valence-corrected chi connectivity index (χ4v) is 1.66. The molecule has 16 heavy (non-hydrogen) atoms. The monoisotopic (exact) mass is 223 g/mol. The molecule has 4 nitrogen and oxygen atoms in total. The van der Waals surface area contributed by atoms with Crippen LogP contribution in [0.5, 0.6) is 5.75 Å². The molecule has 0 aromatic heterocycles. The maximum atomic E-state index is 11.1. The largest absolute Gasteiger partial charge is 0.496 e. The first-order valence-electron chi connectivity index (χ1n) is 5.01. The molecule has 0 spiro atoms. The van der Waals surface area contributed by atoms with Crippen LogP contribution in [0.4, 0.5) is 10.5 Å². The summed E-state index contributed by atoms with van der Waals surface area (Å²) < 4.78 is 9.86. The molecule has 1 aromatic carbocycles. The van der Waals surface area contributed by atoms with Gasteiger partial charge in [-0.05, 0) is 43.5 Å². The molecule has 0 heterocycles. The third-order valence-corrected chi connectivity index (χ3v) is 2.65. The van der Waals surface area contributed by atoms with Crippen LogP contribution < -0.4 is 10.1 Å². The van der Waals surface area contributed by atoms with E-state index in [0.29, 0.717) is 0 Å². The van der Waals surface area contributed by atoms with Gasteiger partial charge in [-0.2, -0.15) is 0 Å². The van der Waals surface area contributed by atoms with E-state index in [2.05, 4.69) is 10.1 Å². The van der Waals surface area contributed by atoms with E-state index in [1.165, 1.54) is 7.11 Å². The first kappa shape index (κ1) is 12.4. The molecule has 1 rings (SSSR count). The Morgan fingerprint density at radius 1 is 1.19 bits per heavy atom. The van der Waals surface area contributed by atoms with Crippen LogP contribution in [0.25, 0.3) is 0 Å². The minimum atomic E-state index is -0.466. The third-order valence-electron chi connectivity index (χ3n) is 2.65. The van der Waals surface area contributed by atoms with Crippen molar-refractivity contribution in [2.75, 3.05) is 19.5 Å². The normalized spacial score (nSPS) is 9.81. The smallest absolute Gasteiger partial charge is 0.411 e. The second-order valence-corrected chi connectivity index (χ2v) is 3.64. The second kappa shape index (κ2) is 4.88. The molecule has 0 saturated carbocycles. The zero-order chi connectivity index (χ0) is 12.3. The number of nitrogens with one attached hydrogen (secondary N) is 1. The molecule has 0 radical (unpaired) electrons. The van der Waals surface area contributed by atoms with E-state index in [-0.39, 0.29) is 0 Å². The molecule has 1 N–H and O–H groups in total. The number of methoxy groups -OCH3 is 2. The van der Waals surface area contributed by atoms with Crippen molar-refractivity contribution >= 4 is 11.8 Å². The Hall–Kier alpha value is -1.71. The third kappa shape index (κ3) is 2.27. The lowest BCUT2D eigenvalue weighted by Gasteiger charge is -2.15. The van der Waals surface area contributed by atoms with Crippen molar-refractivity contribution < 1.29 is 14.3 Å². The zero-order valence-corrected chi connectivity index (χ0v) is 10.3. The number of carbonyl (C=O) groups is 1. The van der Waals surface area contributed by atoms with Gasteiger partial charge in [-0.1, -0.05) is 0 Å². The molecular weight excluding hydrogens is 206 g/mol. The van der Waals surface area contributed by atoms with Crippen LogP contribution in [0, 0.1) is 20.8 Å². The Kier molecular flexibility index (Phi) is 3.77. The fraction of sp³-hybridized carbons (Fsp3) is 0.417. The summed E-state index contributed by atoms with van der Waals surface area (Å²) in [6, 6.07) is 1.87. The van der Waals surface area contributed by atoms with Crippen LogP contribution in [-0.2, 0) is 4.74 Å². The summed E-state index contributed by atoms with van der Waals surface area (Å²) in [6.07, 6.45) is -0.466. The van der Waals surface area contributed by atoms with Gasteiger partial charge in [0.25, 0.3) is 0 Å². The molecule has 0 aliphatic rings. The Morgan fingerprint density at radius 2 is 1.81 bits per heavy atom. The van der Waals surface area contributed by atoms with E-state index < -0.39 is 6.09 Å². The number of hydrogen-bond donors (Lipinski definition) is 1. The first-order chi connectivity index (χ1) is 7.51. The van der Waals surface area contributed by atoms with Crippen LogP contribution in [0.15, 0.2) is 6.07 Å². The van der Waals surface area contributed by atoms with Gasteiger partial charge in [-0.15, -0.1) is 0 Å². The van der Waals surface area contributed by atoms with Crippen molar-refractivity contribution in [3.63, 3.8) is 0 Å². The van der Waals surface area contributed by atoms with Crippen LogP contribution >= 0.6 is 0 Å². The number of ether oxygens (including phenoxy) is 2. The van der Waals surface area contributed by atoms with Gasteiger partial charge in [-0.3, -0.25) is 5.32 Å². The number of hydrogen-bond acceptors (Lipinski definition) is 3. The highest BCUT2D eigenvalue weighted by Gasteiger charge is 2.12. The number of anilines is 1. The molecule has 0 saturated heterocycles. The summed E-state index contributed by atoms with van der Waals surface area (Å²) in [7, 11) is 2.98. The van der Waals surface area contributed by atoms with Gasteiger partial charge < -0.3 is 9.47 Å². The van der Waals surface area contributed by atoms with E-state index in [1.807, 2.05) is 26.8 Å². The first-order valence-corrected chi connectivity index (χ1v) is 5.01. The maximum Gasteiger partial charge on any atom is 0.411 e. The van der Waals surface area contributed by atoms with Crippen molar-refractivity contribution in [2.24, 2.45) is 0 Å². The lowest BCUT2D eigenvalue weighted by molar-refractivity contribution is 0.187. The minimum Gasteiger partial charge on any atom is -0.496 e. The SMILES string of the molecule is COC(=O)Nc1cc(C)c(OC)c(C)c1C. The van der Waals surface area contributed by atoms with Gasteiger partial charge in [0.1, 0.15) is 5.75 Å². The lowest BCUT2D eigenvalue weighted by Crippen LogP contribution is -2.12. The number of benzene rings is 1. The predicted octanol–water partition coefficient (Wildman–Crippen LogP) is 2.80. The van der Waals surface area contributed by atoms with E-state index in [0.717, 1.165) is 28.1 Å². The molecule has 4 heteroatoms. The molecule has 0 bridgehead atoms. The summed E-state index contributed by atoms with van der Waals surface area (Å²) in [4.78, 5) is 11.1. The molecule has 88 valence electrons. The minimum absolute atomic E-state index is 0.466. The Labute approximate surface area is 95.6 Å². The molecular formula is C12H17NO3. The second-order valence-electron chi connectivity index (χ2n) is 3.64. The molecule has 0 atom stereocenters. The highest BCUT2D eigenvalue weighted by Crippen LogP contribution is 2.31. The van der Waals surface area contributed by atoms with Crippen molar-refractivity contribution in [2.45, 2.75) is 20.8 Å². The van der Waals surface area contributed by atoms with Crippen LogP contribution in [0.1, 0.15) is 16.7 Å². The standard InChI is InChI=1S/C12H17NO3/c1-7-6-10(13-12(14)16-5)8(2)9(3)11(7)15-4/h6H,1-5H3,(H,13,14). The van der Waals surface area contributed by atoms with Gasteiger partial charge in [0, 0.05) is 5.69 Å². The van der Waals surface area contributed by atoms with E-state index in [9.17, 15) is 4.79 Å². The average molecular weight is 223 g/mol. The van der Waals surface area contributed by atoms with Crippen LogP contribution in [0.3, 0.4) is 0 Å². The number of aryl methyl sites for hydroxylation is 1. The molecule has 0 fully saturated rings. The highest BCUT2D eigenvalue weighted by atomic mass is 16.5. The fourth-order valence-electron chi connectivity index (χ4n) is 1.66. The summed E-state index contributed by atoms with van der Waals surface area (Å²) in [5, 5.41) is 2.68. The summed E-state index contributed by atoms with van der Waals surface area (Å²) >= 11 is 0. The van der Waals surface area contributed by atoms with Gasteiger partial charge >= 0.3 is 6.09 Å². The van der Waals surface area contributed by atoms with E-state index in [1.54, 1.807) is 7.11 Å². The highest BCUT2D eigenvalue weighted by molar-refractivity contribution is 5.86. The van der Waals surface area contributed by atoms with Crippen LogP contribution in [0.2, 0.25) is 0 Å². The van der Waals surface area contributed by atoms with Crippen molar-refractivity contribution in [3.05, 3.63) is 22.8 Å². The summed E-state index contributed by atoms with van der Waals surface area (Å²) in [5.41, 5.74) is 3.74. The van der Waals surface area contributed by atoms with Gasteiger partial charge in [0.15, 0.2) is 0 Å². The molecule has 1 amide bonds. The van der Waals surface area contributed by atoms with E-state index in [4.69, 9.17) is 4.74 Å². The molecule has 0 unspecified atom stereocenters. The van der Waals surface area contributed by atoms with Gasteiger partial charge in [-0.25, -0.2) is 4.79 Å². The quantitative estimate of drug-likeness (QED) is 0.838. The number of amides is 1. The van der Waals surface area contributed by atoms with Crippen molar-refractivity contribution in [3.8, 4) is 5.75 Å². The Morgan fingerprint density at radius 3 is 2.31 bits per heavy atom. The van der Waals surface area contributed by atoms with E-state index >= 15 is 0 Å². The number of carbonyl (C=O) groups excluding carboxylic acids is 1. The summed E-state index contributed by atoms with van der Waals surface area (Å²) in [5.74, 6) is 0.855. The maximum absolute atomic E-state index is 11.1. The summed E-state index contributed by atoms with van der Waals surface area (Å²) in [6.45, 7) is 5.83. The van der Waals surface area contributed by atoms with Gasteiger partial charge in [0.05, 0.1) is 14.2 Å². The lowest BCUT2D eigenvalue weighted by atomic mass is 10.0. The van der Waals surface area contributed by atoms with Crippen LogP contribution in [-0.4, -0.2) is 20.3 Å². The molecule has 0 aliphatic heterocycles. The van der Waals surface area contributed by atoms with Crippen molar-refractivity contribution in [1.29, 1.82) is 0 Å². The Balaban J connectivity index is 3.18. The Bertz CT molecular complexity index is 413.